The van der Waals surface area contributed by atoms with Crippen molar-refractivity contribution < 1.29 is 9.90 Å². The molecule has 0 spiro atoms. The number of rotatable bonds is 3. The van der Waals surface area contributed by atoms with Gasteiger partial charge in [-0.2, -0.15) is 0 Å². The van der Waals surface area contributed by atoms with E-state index in [1.165, 1.54) is 11.8 Å². The highest BCUT2D eigenvalue weighted by Crippen LogP contribution is 2.34. The normalized spacial score (nSPS) is 20.7. The maximum atomic E-state index is 12.6. The molecule has 0 aliphatic carbocycles. The molecule has 1 atom stereocenters. The van der Waals surface area contributed by atoms with Gasteiger partial charge in [-0.25, -0.2) is 9.97 Å². The highest BCUT2D eigenvalue weighted by Gasteiger charge is 2.40. The minimum absolute atomic E-state index is 0.137. The van der Waals surface area contributed by atoms with Crippen molar-refractivity contribution in [3.63, 3.8) is 0 Å². The molecule has 120 valence electrons. The van der Waals surface area contributed by atoms with E-state index < -0.39 is 5.60 Å². The molecule has 1 aliphatic heterocycles. The number of likely N-dealkylation sites (tertiary alicyclic amines) is 1. The lowest BCUT2D eigenvalue weighted by molar-refractivity contribution is 0.0412. The van der Waals surface area contributed by atoms with Crippen LogP contribution < -0.4 is 0 Å². The number of aromatic nitrogens is 2. The van der Waals surface area contributed by atoms with Crippen LogP contribution in [0.2, 0.25) is 0 Å². The van der Waals surface area contributed by atoms with Crippen LogP contribution >= 0.6 is 11.8 Å². The summed E-state index contributed by atoms with van der Waals surface area (Å²) in [5, 5.41) is 11.6. The summed E-state index contributed by atoms with van der Waals surface area (Å²) in [5.41, 5.74) is 1.40. The number of carbonyl (C=O) groups is 1. The Morgan fingerprint density at radius 2 is 2.00 bits per heavy atom. The lowest BCUT2D eigenvalue weighted by atomic mass is 9.89. The van der Waals surface area contributed by atoms with Gasteiger partial charge >= 0.3 is 0 Å². The molecule has 1 amide bonds. The van der Waals surface area contributed by atoms with Gasteiger partial charge in [0.05, 0.1) is 12.1 Å². The highest BCUT2D eigenvalue weighted by molar-refractivity contribution is 7.98. The smallest absolute Gasteiger partial charge is 0.257 e. The Hall–Kier alpha value is -1.92. The minimum Gasteiger partial charge on any atom is -0.383 e. The molecule has 0 unspecified atom stereocenters. The first kappa shape index (κ1) is 16.0. The number of β-amino-alcohol motifs (C(OH)–C–C–N with tert-alkyl or cyclic N) is 1. The van der Waals surface area contributed by atoms with E-state index in [0.717, 1.165) is 11.1 Å². The number of aryl methyl sites for hydroxylation is 1. The lowest BCUT2D eigenvalue weighted by Crippen LogP contribution is -2.35. The maximum Gasteiger partial charge on any atom is 0.257 e. The van der Waals surface area contributed by atoms with E-state index in [1.807, 2.05) is 37.4 Å². The molecule has 1 saturated heterocycles. The van der Waals surface area contributed by atoms with Gasteiger partial charge in [0.2, 0.25) is 0 Å². The van der Waals surface area contributed by atoms with Crippen molar-refractivity contribution in [2.45, 2.75) is 24.1 Å². The molecule has 5 nitrogen and oxygen atoms in total. The first-order chi connectivity index (χ1) is 11.0. The van der Waals surface area contributed by atoms with Crippen molar-refractivity contribution in [3.05, 3.63) is 53.3 Å². The summed E-state index contributed by atoms with van der Waals surface area (Å²) in [4.78, 5) is 22.5. The second-order valence-electron chi connectivity index (χ2n) is 5.78. The summed E-state index contributed by atoms with van der Waals surface area (Å²) in [6.07, 6.45) is 5.52. The van der Waals surface area contributed by atoms with Crippen LogP contribution in [0.15, 0.2) is 41.8 Å². The van der Waals surface area contributed by atoms with Gasteiger partial charge < -0.3 is 10.0 Å². The third kappa shape index (κ3) is 3.09. The molecule has 1 aromatic heterocycles. The van der Waals surface area contributed by atoms with Crippen molar-refractivity contribution in [1.29, 1.82) is 0 Å². The quantitative estimate of drug-likeness (QED) is 0.691. The summed E-state index contributed by atoms with van der Waals surface area (Å²) < 4.78 is 0. The number of thioether (sulfide) groups is 1. The molecule has 1 fully saturated rings. The SMILES string of the molecule is CSc1ncc(C(=O)N2CC[C@@](O)(c3ccccc3C)C2)cn1. The summed E-state index contributed by atoms with van der Waals surface area (Å²) in [7, 11) is 0. The number of nitrogens with zero attached hydrogens (tertiary/aromatic N) is 3. The third-order valence-electron chi connectivity index (χ3n) is 4.24. The van der Waals surface area contributed by atoms with Crippen molar-refractivity contribution in [2.75, 3.05) is 19.3 Å². The van der Waals surface area contributed by atoms with E-state index in [-0.39, 0.29) is 5.91 Å². The number of benzene rings is 1. The molecule has 1 aliphatic rings. The van der Waals surface area contributed by atoms with E-state index in [0.29, 0.717) is 30.2 Å². The molecule has 23 heavy (non-hydrogen) atoms. The van der Waals surface area contributed by atoms with Crippen LogP contribution in [-0.2, 0) is 5.60 Å². The summed E-state index contributed by atoms with van der Waals surface area (Å²) >= 11 is 1.43. The fraction of sp³-hybridized carbons (Fsp3) is 0.353. The first-order valence-corrected chi connectivity index (χ1v) is 8.70. The van der Waals surface area contributed by atoms with Crippen molar-refractivity contribution in [2.24, 2.45) is 0 Å². The predicted molar refractivity (Wildman–Crippen MR) is 89.4 cm³/mol. The van der Waals surface area contributed by atoms with Crippen LogP contribution in [0.4, 0.5) is 0 Å². The molecule has 0 radical (unpaired) electrons. The van der Waals surface area contributed by atoms with Gasteiger partial charge in [0.15, 0.2) is 5.16 Å². The lowest BCUT2D eigenvalue weighted by Gasteiger charge is -2.25. The predicted octanol–water partition coefficient (Wildman–Crippen LogP) is 2.24. The van der Waals surface area contributed by atoms with Gasteiger partial charge in [0.25, 0.3) is 5.91 Å². The number of hydrogen-bond donors (Lipinski definition) is 1. The molecule has 2 heterocycles. The average molecular weight is 329 g/mol. The van der Waals surface area contributed by atoms with Crippen LogP contribution in [0.25, 0.3) is 0 Å². The zero-order valence-electron chi connectivity index (χ0n) is 13.2. The number of amides is 1. The first-order valence-electron chi connectivity index (χ1n) is 7.47. The molecule has 1 aromatic carbocycles. The summed E-state index contributed by atoms with van der Waals surface area (Å²) in [6, 6.07) is 7.77. The molecule has 1 N–H and O–H groups in total. The van der Waals surface area contributed by atoms with Crippen molar-refractivity contribution in [1.82, 2.24) is 14.9 Å². The molecule has 2 aromatic rings. The molecular weight excluding hydrogens is 310 g/mol. The second-order valence-corrected chi connectivity index (χ2v) is 6.56. The fourth-order valence-corrected chi connectivity index (χ4v) is 3.31. The molecule has 0 bridgehead atoms. The summed E-state index contributed by atoms with van der Waals surface area (Å²) in [6.45, 7) is 2.79. The number of carbonyl (C=O) groups excluding carboxylic acids is 1. The maximum absolute atomic E-state index is 12.6. The van der Waals surface area contributed by atoms with E-state index in [1.54, 1.807) is 17.3 Å². The number of hydrogen-bond acceptors (Lipinski definition) is 5. The molecule has 6 heteroatoms. The van der Waals surface area contributed by atoms with Gasteiger partial charge in [0.1, 0.15) is 5.60 Å². The van der Waals surface area contributed by atoms with Crippen molar-refractivity contribution >= 4 is 17.7 Å². The molecular formula is C17H19N3O2S. The number of aliphatic hydroxyl groups is 1. The van der Waals surface area contributed by atoms with Crippen LogP contribution in [0.3, 0.4) is 0 Å². The van der Waals surface area contributed by atoms with E-state index in [9.17, 15) is 9.90 Å². The Labute approximate surface area is 139 Å². The van der Waals surface area contributed by atoms with E-state index >= 15 is 0 Å². The Morgan fingerprint density at radius 3 is 2.65 bits per heavy atom. The minimum atomic E-state index is -0.985. The third-order valence-corrected chi connectivity index (χ3v) is 4.82. The van der Waals surface area contributed by atoms with E-state index in [2.05, 4.69) is 9.97 Å². The van der Waals surface area contributed by atoms with Crippen LogP contribution in [0, 0.1) is 6.92 Å². The van der Waals surface area contributed by atoms with Gasteiger partial charge in [-0.1, -0.05) is 36.0 Å². The average Bonchev–Trinajstić information content (AvgIpc) is 2.98. The van der Waals surface area contributed by atoms with Gasteiger partial charge in [-0.05, 0) is 30.7 Å². The monoisotopic (exact) mass is 329 g/mol. The fourth-order valence-electron chi connectivity index (χ4n) is 3.00. The van der Waals surface area contributed by atoms with Crippen molar-refractivity contribution in [3.8, 4) is 0 Å². The van der Waals surface area contributed by atoms with Crippen LogP contribution in [0.5, 0.6) is 0 Å². The van der Waals surface area contributed by atoms with Gasteiger partial charge in [-0.3, -0.25) is 4.79 Å². The second kappa shape index (κ2) is 6.29. The summed E-state index contributed by atoms with van der Waals surface area (Å²) in [5.74, 6) is -0.137. The topological polar surface area (TPSA) is 66.3 Å². The Balaban J connectivity index is 1.78. The van der Waals surface area contributed by atoms with Gasteiger partial charge in [0, 0.05) is 18.9 Å². The standard InChI is InChI=1S/C17H19N3O2S/c1-12-5-3-4-6-14(12)17(22)7-8-20(11-17)15(21)13-9-18-16(23-2)19-10-13/h3-6,9-10,22H,7-8,11H2,1-2H3/t17-/m0/s1. The Morgan fingerprint density at radius 1 is 1.30 bits per heavy atom. The highest BCUT2D eigenvalue weighted by atomic mass is 32.2. The van der Waals surface area contributed by atoms with E-state index in [4.69, 9.17) is 0 Å². The molecule has 0 saturated carbocycles. The zero-order chi connectivity index (χ0) is 16.4. The zero-order valence-corrected chi connectivity index (χ0v) is 14.0. The largest absolute Gasteiger partial charge is 0.383 e. The Kier molecular flexibility index (Phi) is 4.37. The van der Waals surface area contributed by atoms with Crippen LogP contribution in [0.1, 0.15) is 27.9 Å². The van der Waals surface area contributed by atoms with Crippen LogP contribution in [-0.4, -0.2) is 45.2 Å². The Bertz CT molecular complexity index is 720. The van der Waals surface area contributed by atoms with Gasteiger partial charge in [-0.15, -0.1) is 0 Å². The molecule has 3 rings (SSSR count).